The summed E-state index contributed by atoms with van der Waals surface area (Å²) in [7, 11) is -0.708. The van der Waals surface area contributed by atoms with Crippen LogP contribution in [0.25, 0.3) is 0 Å². The van der Waals surface area contributed by atoms with E-state index < -0.39 is 51.4 Å². The summed E-state index contributed by atoms with van der Waals surface area (Å²) < 4.78 is 82.5. The number of carbonyl (C=O) groups is 2. The minimum Gasteiger partial charge on any atom is -0.749 e. The summed E-state index contributed by atoms with van der Waals surface area (Å²) in [5.74, 6) is -2.48. The van der Waals surface area contributed by atoms with Crippen molar-refractivity contribution in [2.75, 3.05) is 29.2 Å². The number of carboxylic acids is 2. The topological polar surface area (TPSA) is 270 Å². The summed E-state index contributed by atoms with van der Waals surface area (Å²) in [5.41, 5.74) is 6.33. The number of nitrogens with two attached hydrogens (primary N) is 1. The Kier molecular flexibility index (Phi) is 66.7. The molecule has 28 heteroatoms. The summed E-state index contributed by atoms with van der Waals surface area (Å²) in [6, 6.07) is 11.1. The summed E-state index contributed by atoms with van der Waals surface area (Å²) >= 11 is 1.67. The van der Waals surface area contributed by atoms with Gasteiger partial charge in [-0.1, -0.05) is 39.1 Å². The molecule has 2 rings (SSSR count). The van der Waals surface area contributed by atoms with Gasteiger partial charge in [-0.25, -0.2) is 29.5 Å². The first-order chi connectivity index (χ1) is 17.4. The normalized spacial score (nSPS) is 9.26. The molecule has 47 heavy (non-hydrogen) atoms. The molecule has 5 atom stereocenters. The predicted molar refractivity (Wildman–Crippen MR) is 200 cm³/mol. The molecule has 15 nitrogen and oxygen atoms in total. The van der Waals surface area contributed by atoms with Gasteiger partial charge in [0.25, 0.3) is 0 Å². The van der Waals surface area contributed by atoms with Gasteiger partial charge in [0.05, 0.1) is 42.6 Å². The van der Waals surface area contributed by atoms with Crippen LogP contribution in [0.15, 0.2) is 48.5 Å². The van der Waals surface area contributed by atoms with Gasteiger partial charge in [-0.2, -0.15) is 43.3 Å². The van der Waals surface area contributed by atoms with E-state index >= 15 is 0 Å². The van der Waals surface area contributed by atoms with E-state index in [1.165, 1.54) is 48.5 Å². The van der Waals surface area contributed by atoms with Crippen LogP contribution < -0.4 is 79.8 Å². The fraction of sp³-hybridized carbons (Fsp3) is 0.263. The van der Waals surface area contributed by atoms with Crippen LogP contribution in [0.1, 0.15) is 35.6 Å². The number of anilines is 2. The second kappa shape index (κ2) is 40.3. The summed E-state index contributed by atoms with van der Waals surface area (Å²) in [6.45, 7) is 0. The average molecular weight is 909 g/mol. The molecule has 0 saturated heterocycles. The van der Waals surface area contributed by atoms with E-state index in [0.29, 0.717) is 11.4 Å². The first-order valence-corrected chi connectivity index (χ1v) is 17.5. The predicted octanol–water partition coefficient (Wildman–Crippen LogP) is -5.11. The van der Waals surface area contributed by atoms with Gasteiger partial charge in [-0.3, -0.25) is 4.72 Å². The molecular formula is C19H40Cl3N2Na2O13P4S4-. The number of hydrogen-bond acceptors (Lipinski definition) is 14. The van der Waals surface area contributed by atoms with Crippen molar-refractivity contribution >= 4 is 136 Å². The molecule has 2 aromatic rings. The van der Waals surface area contributed by atoms with E-state index in [1.54, 1.807) is 0 Å². The number of sulfonamides is 1. The second-order valence-electron chi connectivity index (χ2n) is 6.28. The van der Waals surface area contributed by atoms with Crippen molar-refractivity contribution in [3.63, 3.8) is 0 Å². The molecule has 2 aromatic carbocycles. The third-order valence-corrected chi connectivity index (χ3v) is 3.64. The van der Waals surface area contributed by atoms with Crippen LogP contribution in [0.2, 0.25) is 0 Å². The van der Waals surface area contributed by atoms with Crippen molar-refractivity contribution in [1.29, 1.82) is 0 Å². The van der Waals surface area contributed by atoms with Gasteiger partial charge in [0.1, 0.15) is 11.4 Å². The summed E-state index contributed by atoms with van der Waals surface area (Å²) in [4.78, 5) is 20.5. The molecule has 0 aliphatic heterocycles. The third-order valence-electron chi connectivity index (χ3n) is 2.62. The number of benzene rings is 2. The molecule has 272 valence electrons. The van der Waals surface area contributed by atoms with E-state index in [-0.39, 0.29) is 125 Å². The maximum absolute atomic E-state index is 10.8. The number of aromatic carboxylic acids is 2. The van der Waals surface area contributed by atoms with Crippen molar-refractivity contribution in [2.45, 2.75) is 14.9 Å². The molecule has 0 saturated carbocycles. The zero-order valence-electron chi connectivity index (χ0n) is 24.6. The zero-order valence-corrected chi connectivity index (χ0v) is 39.8. The molecular weight excluding hydrogens is 869 g/mol. The Morgan fingerprint density at radius 1 is 0.723 bits per heavy atom. The van der Waals surface area contributed by atoms with Gasteiger partial charge in [-0.15, -0.1) is 0 Å². The minimum atomic E-state index is -3.32. The Labute approximate surface area is 352 Å². The Morgan fingerprint density at radius 3 is 1.11 bits per heavy atom. The molecule has 0 spiro atoms. The number of nitrogen functional groups attached to an aromatic ring is 1. The van der Waals surface area contributed by atoms with Gasteiger partial charge >= 0.3 is 59.1 Å². The maximum Gasteiger partial charge on any atom is 1.00 e. The van der Waals surface area contributed by atoms with Crippen LogP contribution in [0.4, 0.5) is 11.4 Å². The van der Waals surface area contributed by atoms with E-state index in [0.717, 1.165) is 18.8 Å². The van der Waals surface area contributed by atoms with Gasteiger partial charge in [0.2, 0.25) is 28.1 Å². The van der Waals surface area contributed by atoms with Crippen molar-refractivity contribution in [1.82, 2.24) is 0 Å². The van der Waals surface area contributed by atoms with Crippen LogP contribution in [0.5, 0.6) is 0 Å². The summed E-state index contributed by atoms with van der Waals surface area (Å²) in [6.07, 6.45) is 2.86. The van der Waals surface area contributed by atoms with Crippen LogP contribution in [-0.4, -0.2) is 64.7 Å². The Bertz CT molecular complexity index is 1370. The van der Waals surface area contributed by atoms with Crippen molar-refractivity contribution < 1.29 is 117 Å². The number of halogens is 3. The molecule has 5 unspecified atom stereocenters. The van der Waals surface area contributed by atoms with Gasteiger partial charge in [0, 0.05) is 32.7 Å². The number of rotatable bonds is 5. The maximum atomic E-state index is 10.8. The SMILES string of the molecule is C.C.CS(=O)(=O)Cl.CS(=O)(=O)Cl.CS(=O)(=O)Nc1ccc(C(=O)[O-])cc1.Nc1ccc(C(=O)[O-])cc1.O=S([O-])OCl.P.P.P.P.[Na+].[Na+]. The molecule has 0 aliphatic rings. The van der Waals surface area contributed by atoms with Crippen molar-refractivity contribution in [3.05, 3.63) is 59.7 Å². The Balaban J connectivity index is -0.0000000392. The molecule has 0 radical (unpaired) electrons. The number of hydrogen-bond donors (Lipinski definition) is 2. The molecule has 3 N–H and O–H groups in total. The first kappa shape index (κ1) is 77.8. The van der Waals surface area contributed by atoms with Gasteiger partial charge < -0.3 is 30.1 Å². The third kappa shape index (κ3) is 73.8. The molecule has 0 heterocycles. The molecule has 0 bridgehead atoms. The quantitative estimate of drug-likeness (QED) is 0.0935. The summed E-state index contributed by atoms with van der Waals surface area (Å²) in [5, 5.41) is 20.5. The molecule has 0 fully saturated rings. The second-order valence-corrected chi connectivity index (χ2v) is 15.0. The Hall–Kier alpha value is 1.49. The van der Waals surface area contributed by atoms with Crippen LogP contribution in [-0.2, 0) is 43.2 Å². The number of nitrogens with one attached hydrogen (secondary N) is 1. The number of carboxylic acid groups (broad SMARTS) is 2. The van der Waals surface area contributed by atoms with E-state index in [4.69, 9.17) is 14.5 Å². The van der Waals surface area contributed by atoms with Crippen molar-refractivity contribution in [2.24, 2.45) is 0 Å². The smallest absolute Gasteiger partial charge is 0.749 e. The van der Waals surface area contributed by atoms with Crippen LogP contribution in [0.3, 0.4) is 0 Å². The fourth-order valence-corrected chi connectivity index (χ4v) is 2.07. The van der Waals surface area contributed by atoms with Crippen LogP contribution in [0, 0.1) is 0 Å². The van der Waals surface area contributed by atoms with E-state index in [2.05, 4.69) is 41.7 Å². The standard InChI is InChI=1S/C8H9NO4S.C7H7NO2.2CH3ClO2S.2CH4.ClHO3S.2Na.4H3P/c1-14(12,13)9-7-4-2-6(3-5-7)8(10)11;8-6-3-1-5(2-4-6)7(9)10;2*1-5(2,3)4;;;1-4-5(2)3;;;;;;/h2-5,9H,1H3,(H,10,11);1-4H,8H2,(H,9,10);2*1H3;2*1H4;(H,2,3);;;4*1H3/q;;;;;;;2*+1;;;;/p-3. The molecule has 0 aromatic heterocycles. The van der Waals surface area contributed by atoms with Gasteiger partial charge in [-0.05, 0) is 35.4 Å². The van der Waals surface area contributed by atoms with Crippen LogP contribution >= 0.6 is 72.8 Å². The monoisotopic (exact) mass is 907 g/mol. The molecule has 0 aliphatic carbocycles. The largest absolute Gasteiger partial charge is 1.00 e. The number of carbonyl (C=O) groups excluding carboxylic acids is 2. The first-order valence-electron chi connectivity index (χ1n) is 8.89. The molecule has 0 amide bonds. The average Bonchev–Trinajstić information content (AvgIpc) is 2.72. The van der Waals surface area contributed by atoms with E-state index in [9.17, 15) is 45.1 Å². The van der Waals surface area contributed by atoms with Crippen molar-refractivity contribution in [3.8, 4) is 0 Å². The van der Waals surface area contributed by atoms with Gasteiger partial charge in [0.15, 0.2) is 0 Å². The Morgan fingerprint density at radius 2 is 0.936 bits per heavy atom. The fourth-order valence-electron chi connectivity index (χ4n) is 1.51. The van der Waals surface area contributed by atoms with E-state index in [1.807, 2.05) is 0 Å². The minimum absolute atomic E-state index is 0. The zero-order chi connectivity index (χ0) is 31.6.